The van der Waals surface area contributed by atoms with E-state index in [1.165, 1.54) is 23.8 Å². The number of amides is 2. The number of thioether (sulfide) groups is 1. The molecule has 4 N–H and O–H groups in total. The van der Waals surface area contributed by atoms with Crippen molar-refractivity contribution in [3.8, 4) is 0 Å². The standard InChI is InChI=1S/C21H18ClN7O5S2/c1-34-26-13(12-16(22)36-21(23)25-12)17(30)24-14-18(31)29-15(20(32)33)10(9-35-19(14)29)8-28-7-6-27-5-3-2-4-11(27)28/h2-7,14,19H,8-9H2,1H3,(H3-,23,24,25,30,32,33)/p+1/b26-13-/t14-,19-/m1/s1. The van der Waals surface area contributed by atoms with Crippen LogP contribution in [0.3, 0.4) is 0 Å². The number of nitrogens with zero attached hydrogens (tertiary/aromatic N) is 5. The van der Waals surface area contributed by atoms with Gasteiger partial charge in [-0.3, -0.25) is 14.5 Å². The second-order valence-corrected chi connectivity index (χ2v) is 10.5. The molecule has 0 aliphatic carbocycles. The molecule has 5 heterocycles. The first-order chi connectivity index (χ1) is 17.3. The number of aliphatic carboxylic acids is 1. The number of carbonyl (C=O) groups is 3. The van der Waals surface area contributed by atoms with Crippen LogP contribution in [0.5, 0.6) is 0 Å². The van der Waals surface area contributed by atoms with Crippen molar-refractivity contribution in [1.29, 1.82) is 0 Å². The van der Waals surface area contributed by atoms with Crippen LogP contribution in [0.2, 0.25) is 4.34 Å². The minimum Gasteiger partial charge on any atom is -0.477 e. The average molecular weight is 549 g/mol. The monoisotopic (exact) mass is 548 g/mol. The van der Waals surface area contributed by atoms with Crippen LogP contribution < -0.4 is 15.6 Å². The molecule has 15 heteroatoms. The van der Waals surface area contributed by atoms with Crippen molar-refractivity contribution >= 4 is 69.0 Å². The van der Waals surface area contributed by atoms with Crippen molar-refractivity contribution in [2.24, 2.45) is 5.16 Å². The molecule has 3 aromatic rings. The lowest BCUT2D eigenvalue weighted by atomic mass is 10.0. The van der Waals surface area contributed by atoms with E-state index >= 15 is 0 Å². The molecule has 5 rings (SSSR count). The van der Waals surface area contributed by atoms with Crippen LogP contribution in [0.15, 0.2) is 53.2 Å². The molecule has 36 heavy (non-hydrogen) atoms. The van der Waals surface area contributed by atoms with Crippen molar-refractivity contribution < 1.29 is 28.9 Å². The number of β-lactam (4-membered cyclic amide) rings is 1. The Bertz CT molecular complexity index is 1470. The molecule has 12 nitrogen and oxygen atoms in total. The smallest absolute Gasteiger partial charge is 0.352 e. The minimum atomic E-state index is -1.20. The number of anilines is 1. The van der Waals surface area contributed by atoms with Crippen molar-refractivity contribution in [1.82, 2.24) is 19.6 Å². The average Bonchev–Trinajstić information content (AvgIpc) is 3.42. The Morgan fingerprint density at radius 3 is 2.92 bits per heavy atom. The molecule has 1 fully saturated rings. The van der Waals surface area contributed by atoms with Crippen molar-refractivity contribution in [2.75, 3.05) is 18.6 Å². The number of carbonyl (C=O) groups excluding carboxylic acids is 2. The fourth-order valence-corrected chi connectivity index (χ4v) is 6.41. The van der Waals surface area contributed by atoms with Crippen molar-refractivity contribution in [3.05, 3.63) is 58.1 Å². The molecule has 0 bridgehead atoms. The molecule has 0 radical (unpaired) electrons. The Morgan fingerprint density at radius 2 is 2.22 bits per heavy atom. The Kier molecular flexibility index (Phi) is 6.32. The number of oxime groups is 1. The highest BCUT2D eigenvalue weighted by Gasteiger charge is 2.54. The number of nitrogen functional groups attached to an aromatic ring is 1. The number of carboxylic acid groups (broad SMARTS) is 1. The van der Waals surface area contributed by atoms with E-state index in [4.69, 9.17) is 22.2 Å². The number of aromatic nitrogens is 3. The Balaban J connectivity index is 1.38. The maximum absolute atomic E-state index is 13.1. The second-order valence-electron chi connectivity index (χ2n) is 7.81. The fourth-order valence-electron chi connectivity index (χ4n) is 4.15. The van der Waals surface area contributed by atoms with Crippen LogP contribution in [0.1, 0.15) is 5.69 Å². The van der Waals surface area contributed by atoms with Crippen LogP contribution in [0.4, 0.5) is 5.13 Å². The molecule has 1 saturated heterocycles. The van der Waals surface area contributed by atoms with Gasteiger partial charge in [0.2, 0.25) is 0 Å². The number of carboxylic acids is 1. The lowest BCUT2D eigenvalue weighted by Crippen LogP contribution is -2.71. The SMILES string of the molecule is CO/N=C(\C(=O)N[C@@H]1C(=O)N2C(C(=O)O)=C(C[n+]3ccn4ccccc43)CS[C@H]12)c1nc(N)sc1Cl. The fraction of sp³-hybridized carbons (Fsp3) is 0.238. The van der Waals surface area contributed by atoms with Gasteiger partial charge in [-0.1, -0.05) is 34.2 Å². The number of halogens is 1. The normalized spacial score (nSPS) is 19.8. The molecule has 3 aromatic heterocycles. The molecule has 0 unspecified atom stereocenters. The molecule has 2 aliphatic heterocycles. The molecule has 2 amide bonds. The predicted octanol–water partition coefficient (Wildman–Crippen LogP) is 0.708. The summed E-state index contributed by atoms with van der Waals surface area (Å²) < 4.78 is 3.98. The van der Waals surface area contributed by atoms with Crippen molar-refractivity contribution in [3.63, 3.8) is 0 Å². The number of rotatable bonds is 7. The Hall–Kier alpha value is -3.62. The summed E-state index contributed by atoms with van der Waals surface area (Å²) in [6.45, 7) is 0.303. The van der Waals surface area contributed by atoms with Gasteiger partial charge in [-0.15, -0.1) is 11.8 Å². The van der Waals surface area contributed by atoms with Crippen molar-refractivity contribution in [2.45, 2.75) is 18.0 Å². The zero-order valence-electron chi connectivity index (χ0n) is 18.6. The van der Waals surface area contributed by atoms with Crippen LogP contribution in [-0.2, 0) is 25.8 Å². The predicted molar refractivity (Wildman–Crippen MR) is 132 cm³/mol. The number of thiazole rings is 1. The summed E-state index contributed by atoms with van der Waals surface area (Å²) in [6.07, 6.45) is 5.62. The number of hydrogen-bond acceptors (Lipinski definition) is 9. The largest absolute Gasteiger partial charge is 0.477 e. The van der Waals surface area contributed by atoms with Crippen LogP contribution in [0, 0.1) is 0 Å². The number of nitrogens with two attached hydrogens (primary N) is 1. The van der Waals surface area contributed by atoms with E-state index < -0.39 is 29.2 Å². The maximum Gasteiger partial charge on any atom is 0.352 e. The zero-order valence-corrected chi connectivity index (χ0v) is 21.0. The number of imidazole rings is 1. The molecule has 0 saturated carbocycles. The highest BCUT2D eigenvalue weighted by Crippen LogP contribution is 2.40. The van der Waals surface area contributed by atoms with Gasteiger partial charge in [-0.05, 0) is 6.07 Å². The van der Waals surface area contributed by atoms with Crippen LogP contribution >= 0.6 is 34.7 Å². The summed E-state index contributed by atoms with van der Waals surface area (Å²) >= 11 is 8.45. The highest BCUT2D eigenvalue weighted by molar-refractivity contribution is 8.00. The van der Waals surface area contributed by atoms with E-state index in [-0.39, 0.29) is 26.6 Å². The summed E-state index contributed by atoms with van der Waals surface area (Å²) in [5.74, 6) is -2.12. The molecule has 2 atom stereocenters. The van der Waals surface area contributed by atoms with Gasteiger partial charge in [0.05, 0.1) is 6.20 Å². The van der Waals surface area contributed by atoms with Gasteiger partial charge in [0.15, 0.2) is 10.8 Å². The Labute approximate surface area is 217 Å². The second kappa shape index (κ2) is 9.44. The van der Waals surface area contributed by atoms with Crippen LogP contribution in [0.25, 0.3) is 5.65 Å². The zero-order chi connectivity index (χ0) is 25.6. The molecule has 0 spiro atoms. The third-order valence-electron chi connectivity index (χ3n) is 5.69. The number of fused-ring (bicyclic) bond motifs is 2. The summed E-state index contributed by atoms with van der Waals surface area (Å²) in [5, 5.41) is 15.8. The van der Waals surface area contributed by atoms with Gasteiger partial charge < -0.3 is 21.0 Å². The first-order valence-corrected chi connectivity index (χ1v) is 12.7. The lowest BCUT2D eigenvalue weighted by Gasteiger charge is -2.49. The van der Waals surface area contributed by atoms with Gasteiger partial charge in [0.25, 0.3) is 17.5 Å². The molecular weight excluding hydrogens is 530 g/mol. The van der Waals surface area contributed by atoms with Gasteiger partial charge in [0, 0.05) is 17.4 Å². The minimum absolute atomic E-state index is 0.0312. The maximum atomic E-state index is 13.1. The Morgan fingerprint density at radius 1 is 1.42 bits per heavy atom. The van der Waals surface area contributed by atoms with E-state index in [9.17, 15) is 19.5 Å². The summed E-state index contributed by atoms with van der Waals surface area (Å²) in [4.78, 5) is 48.2. The molecule has 0 aromatic carbocycles. The van der Waals surface area contributed by atoms with E-state index in [1.807, 2.05) is 45.8 Å². The summed E-state index contributed by atoms with van der Waals surface area (Å²) in [7, 11) is 1.25. The third kappa shape index (κ3) is 4.06. The number of hydrogen-bond donors (Lipinski definition) is 3. The van der Waals surface area contributed by atoms with E-state index in [2.05, 4.69) is 15.5 Å². The molecular formula is C21H19ClN7O5S2+. The topological polar surface area (TPSA) is 156 Å². The summed E-state index contributed by atoms with van der Waals surface area (Å²) in [6, 6.07) is 4.75. The van der Waals surface area contributed by atoms with Gasteiger partial charge in [-0.2, -0.15) is 0 Å². The summed E-state index contributed by atoms with van der Waals surface area (Å²) in [5.41, 5.74) is 6.86. The lowest BCUT2D eigenvalue weighted by molar-refractivity contribution is -0.662. The molecule has 186 valence electrons. The number of nitrogens with one attached hydrogen (secondary N) is 1. The highest BCUT2D eigenvalue weighted by atomic mass is 35.5. The third-order valence-corrected chi connectivity index (χ3v) is 8.11. The van der Waals surface area contributed by atoms with E-state index in [1.54, 1.807) is 0 Å². The quantitative estimate of drug-likeness (QED) is 0.169. The van der Waals surface area contributed by atoms with Gasteiger partial charge in [0.1, 0.15) is 53.2 Å². The first-order valence-electron chi connectivity index (χ1n) is 10.5. The molecule has 2 aliphatic rings. The van der Waals surface area contributed by atoms with E-state index in [0.717, 1.165) is 17.0 Å². The van der Waals surface area contributed by atoms with Crippen LogP contribution in [-0.4, -0.2) is 67.2 Å². The number of pyridine rings is 1. The van der Waals surface area contributed by atoms with Gasteiger partial charge >= 0.3 is 5.97 Å². The van der Waals surface area contributed by atoms with Gasteiger partial charge in [-0.25, -0.2) is 18.7 Å². The van der Waals surface area contributed by atoms with E-state index in [0.29, 0.717) is 17.9 Å². The first kappa shape index (κ1) is 24.1.